The largest absolute Gasteiger partial charge is 0.481 e. The number of aliphatic carboxylic acids is 1. The molecule has 1 N–H and O–H groups in total. The molecular weight excluding hydrogens is 184 g/mol. The first-order valence-corrected chi connectivity index (χ1v) is 5.06. The fourth-order valence-corrected chi connectivity index (χ4v) is 2.74. The van der Waals surface area contributed by atoms with Crippen LogP contribution >= 0.6 is 0 Å². The van der Waals surface area contributed by atoms with Gasteiger partial charge in [-0.25, -0.2) is 0 Å². The lowest BCUT2D eigenvalue weighted by molar-refractivity contribution is -0.147. The maximum Gasteiger partial charge on any atom is 0.309 e. The summed E-state index contributed by atoms with van der Waals surface area (Å²) < 4.78 is 4.90. The zero-order valence-electron chi connectivity index (χ0n) is 8.10. The van der Waals surface area contributed by atoms with E-state index in [0.29, 0.717) is 6.61 Å². The van der Waals surface area contributed by atoms with Crippen molar-refractivity contribution >= 4 is 11.9 Å². The number of carboxylic acids is 1. The first-order valence-electron chi connectivity index (χ1n) is 5.06. The van der Waals surface area contributed by atoms with Crippen molar-refractivity contribution in [2.24, 2.45) is 23.7 Å². The normalized spacial score (nSPS) is 38.9. The number of rotatable bonds is 3. The van der Waals surface area contributed by atoms with Crippen molar-refractivity contribution in [3.05, 3.63) is 0 Å². The minimum Gasteiger partial charge on any atom is -0.481 e. The Balaban J connectivity index is 1.96. The molecule has 0 aromatic rings. The van der Waals surface area contributed by atoms with Gasteiger partial charge < -0.3 is 9.84 Å². The minimum atomic E-state index is -0.760. The van der Waals surface area contributed by atoms with E-state index in [1.54, 1.807) is 6.92 Å². The highest BCUT2D eigenvalue weighted by Crippen LogP contribution is 2.60. The molecule has 4 heteroatoms. The molecule has 0 amide bonds. The second-order valence-corrected chi connectivity index (χ2v) is 4.04. The molecule has 0 saturated heterocycles. The van der Waals surface area contributed by atoms with E-state index in [1.165, 1.54) is 0 Å². The van der Waals surface area contributed by atoms with Crippen molar-refractivity contribution in [1.82, 2.24) is 0 Å². The number of fused-ring (bicyclic) bond motifs is 1. The Bertz CT molecular complexity index is 273. The minimum absolute atomic E-state index is 0.0616. The molecular formula is C10H14O4. The molecule has 2 aliphatic rings. The quantitative estimate of drug-likeness (QED) is 0.684. The maximum absolute atomic E-state index is 11.4. The third-order valence-corrected chi connectivity index (χ3v) is 3.38. The number of ether oxygens (including phenoxy) is 1. The summed E-state index contributed by atoms with van der Waals surface area (Å²) in [5, 5.41) is 8.89. The SMILES string of the molecule is CCOC(=O)[C@@H]1[C@@H]2CC[C@@H](C(=O)O)[C@H]21. The molecule has 4 nitrogen and oxygen atoms in total. The molecule has 2 saturated carbocycles. The average molecular weight is 198 g/mol. The monoisotopic (exact) mass is 198 g/mol. The van der Waals surface area contributed by atoms with E-state index < -0.39 is 5.97 Å². The predicted octanol–water partition coefficient (Wildman–Crippen LogP) is 0.906. The van der Waals surface area contributed by atoms with E-state index in [4.69, 9.17) is 9.84 Å². The Morgan fingerprint density at radius 3 is 2.71 bits per heavy atom. The van der Waals surface area contributed by atoms with Crippen LogP contribution in [-0.4, -0.2) is 23.7 Å². The number of carbonyl (C=O) groups is 2. The van der Waals surface area contributed by atoms with Gasteiger partial charge >= 0.3 is 11.9 Å². The molecule has 14 heavy (non-hydrogen) atoms. The van der Waals surface area contributed by atoms with Crippen molar-refractivity contribution in [3.8, 4) is 0 Å². The number of hydrogen-bond donors (Lipinski definition) is 1. The lowest BCUT2D eigenvalue weighted by atomic mass is 10.0. The van der Waals surface area contributed by atoms with E-state index in [2.05, 4.69) is 0 Å². The second kappa shape index (κ2) is 3.26. The molecule has 2 rings (SSSR count). The highest BCUT2D eigenvalue weighted by Gasteiger charge is 2.63. The predicted molar refractivity (Wildman–Crippen MR) is 47.5 cm³/mol. The Morgan fingerprint density at radius 2 is 2.14 bits per heavy atom. The molecule has 0 heterocycles. The third kappa shape index (κ3) is 1.29. The molecule has 4 atom stereocenters. The van der Waals surface area contributed by atoms with E-state index in [0.717, 1.165) is 12.8 Å². The second-order valence-electron chi connectivity index (χ2n) is 4.04. The zero-order chi connectivity index (χ0) is 10.3. The van der Waals surface area contributed by atoms with Gasteiger partial charge in [0.2, 0.25) is 0 Å². The lowest BCUT2D eigenvalue weighted by Crippen LogP contribution is -2.18. The summed E-state index contributed by atoms with van der Waals surface area (Å²) in [5.41, 5.74) is 0. The van der Waals surface area contributed by atoms with Gasteiger partial charge in [-0.2, -0.15) is 0 Å². The molecule has 0 radical (unpaired) electrons. The van der Waals surface area contributed by atoms with Gasteiger partial charge in [-0.3, -0.25) is 9.59 Å². The maximum atomic E-state index is 11.4. The zero-order valence-corrected chi connectivity index (χ0v) is 8.10. The van der Waals surface area contributed by atoms with Crippen LogP contribution in [0.1, 0.15) is 19.8 Å². The average Bonchev–Trinajstić information content (AvgIpc) is 2.66. The Morgan fingerprint density at radius 1 is 1.43 bits per heavy atom. The van der Waals surface area contributed by atoms with Crippen LogP contribution in [0.3, 0.4) is 0 Å². The molecule has 0 aromatic carbocycles. The molecule has 0 aromatic heterocycles. The van der Waals surface area contributed by atoms with Crippen LogP contribution in [0.15, 0.2) is 0 Å². The molecule has 2 aliphatic carbocycles. The summed E-state index contributed by atoms with van der Waals surface area (Å²) >= 11 is 0. The summed E-state index contributed by atoms with van der Waals surface area (Å²) in [7, 11) is 0. The third-order valence-electron chi connectivity index (χ3n) is 3.38. The van der Waals surface area contributed by atoms with Crippen LogP contribution in [0.25, 0.3) is 0 Å². The molecule has 0 spiro atoms. The fraction of sp³-hybridized carbons (Fsp3) is 0.800. The topological polar surface area (TPSA) is 63.6 Å². The Labute approximate surface area is 82.2 Å². The van der Waals surface area contributed by atoms with E-state index >= 15 is 0 Å². The van der Waals surface area contributed by atoms with Crippen molar-refractivity contribution < 1.29 is 19.4 Å². The van der Waals surface area contributed by atoms with Crippen LogP contribution in [0.4, 0.5) is 0 Å². The molecule has 78 valence electrons. The summed E-state index contributed by atoms with van der Waals surface area (Å²) in [5.74, 6) is -1.04. The first-order chi connectivity index (χ1) is 6.66. The van der Waals surface area contributed by atoms with Gasteiger partial charge in [0, 0.05) is 0 Å². The van der Waals surface area contributed by atoms with E-state index in [-0.39, 0.29) is 29.6 Å². The van der Waals surface area contributed by atoms with E-state index in [9.17, 15) is 9.59 Å². The fourth-order valence-electron chi connectivity index (χ4n) is 2.74. The van der Waals surface area contributed by atoms with Gasteiger partial charge in [0.05, 0.1) is 18.4 Å². The van der Waals surface area contributed by atoms with Gasteiger partial charge in [-0.05, 0) is 31.6 Å². The van der Waals surface area contributed by atoms with Gasteiger partial charge in [-0.15, -0.1) is 0 Å². The number of carbonyl (C=O) groups excluding carboxylic acids is 1. The smallest absolute Gasteiger partial charge is 0.309 e. The standard InChI is InChI=1S/C10H14O4/c1-2-14-10(13)8-5-3-4-6(7(5)8)9(11)12/h5-8H,2-4H2,1H3,(H,11,12)/t5-,6-,7+,8-/m1/s1. The summed E-state index contributed by atoms with van der Waals surface area (Å²) in [4.78, 5) is 22.2. The summed E-state index contributed by atoms with van der Waals surface area (Å²) in [6.45, 7) is 2.15. The van der Waals surface area contributed by atoms with Crippen molar-refractivity contribution in [1.29, 1.82) is 0 Å². The number of esters is 1. The van der Waals surface area contributed by atoms with Crippen LogP contribution in [0.5, 0.6) is 0 Å². The number of carboxylic acid groups (broad SMARTS) is 1. The van der Waals surface area contributed by atoms with Crippen LogP contribution < -0.4 is 0 Å². The Kier molecular flexibility index (Phi) is 2.21. The van der Waals surface area contributed by atoms with Crippen LogP contribution in [0, 0.1) is 23.7 Å². The van der Waals surface area contributed by atoms with Crippen LogP contribution in [-0.2, 0) is 14.3 Å². The molecule has 0 unspecified atom stereocenters. The van der Waals surface area contributed by atoms with Gasteiger partial charge in [0.1, 0.15) is 0 Å². The number of hydrogen-bond acceptors (Lipinski definition) is 3. The van der Waals surface area contributed by atoms with Gasteiger partial charge in [-0.1, -0.05) is 0 Å². The van der Waals surface area contributed by atoms with Crippen molar-refractivity contribution in [2.75, 3.05) is 6.61 Å². The van der Waals surface area contributed by atoms with Gasteiger partial charge in [0.25, 0.3) is 0 Å². The van der Waals surface area contributed by atoms with Gasteiger partial charge in [0.15, 0.2) is 0 Å². The highest BCUT2D eigenvalue weighted by molar-refractivity contribution is 5.80. The van der Waals surface area contributed by atoms with E-state index in [1.807, 2.05) is 0 Å². The molecule has 0 bridgehead atoms. The summed E-state index contributed by atoms with van der Waals surface area (Å²) in [6, 6.07) is 0. The summed E-state index contributed by atoms with van der Waals surface area (Å²) in [6.07, 6.45) is 1.59. The van der Waals surface area contributed by atoms with Crippen molar-refractivity contribution in [3.63, 3.8) is 0 Å². The highest BCUT2D eigenvalue weighted by atomic mass is 16.5. The lowest BCUT2D eigenvalue weighted by Gasteiger charge is -2.08. The Hall–Kier alpha value is -1.06. The van der Waals surface area contributed by atoms with Crippen molar-refractivity contribution in [2.45, 2.75) is 19.8 Å². The molecule has 0 aliphatic heterocycles. The first kappa shape index (κ1) is 9.49. The molecule has 2 fully saturated rings. The van der Waals surface area contributed by atoms with Crippen LogP contribution in [0.2, 0.25) is 0 Å².